The molecule has 0 radical (unpaired) electrons. The Morgan fingerprint density at radius 3 is 2.21 bits per heavy atom. The number of nitrogens with one attached hydrogen (secondary N) is 1. The van der Waals surface area contributed by atoms with E-state index in [4.69, 9.17) is 4.74 Å². The average molecular weight is 271 g/mol. The summed E-state index contributed by atoms with van der Waals surface area (Å²) in [7, 11) is 1.63. The molecule has 2 nitrogen and oxygen atoms in total. The molecule has 0 aliphatic rings. The van der Waals surface area contributed by atoms with E-state index in [1.54, 1.807) is 7.11 Å². The number of halogens is 2. The molecule has 0 amide bonds. The molecular formula is C15H23F2NO. The van der Waals surface area contributed by atoms with E-state index in [0.29, 0.717) is 0 Å². The molecule has 0 aromatic heterocycles. The topological polar surface area (TPSA) is 21.3 Å². The van der Waals surface area contributed by atoms with Crippen LogP contribution >= 0.6 is 0 Å². The van der Waals surface area contributed by atoms with Crippen LogP contribution in [0, 0.1) is 17.6 Å². The molecule has 0 saturated carbocycles. The van der Waals surface area contributed by atoms with Gasteiger partial charge in [0.1, 0.15) is 11.6 Å². The Labute approximate surface area is 114 Å². The fourth-order valence-corrected chi connectivity index (χ4v) is 2.41. The van der Waals surface area contributed by atoms with Crippen LogP contribution in [0.5, 0.6) is 0 Å². The quantitative estimate of drug-likeness (QED) is 0.822. The number of hydrogen-bond donors (Lipinski definition) is 1. The molecule has 19 heavy (non-hydrogen) atoms. The van der Waals surface area contributed by atoms with Crippen LogP contribution < -0.4 is 5.32 Å². The first-order valence-corrected chi connectivity index (χ1v) is 6.70. The lowest BCUT2D eigenvalue weighted by atomic mass is 9.93. The highest BCUT2D eigenvalue weighted by Crippen LogP contribution is 2.19. The van der Waals surface area contributed by atoms with Gasteiger partial charge in [-0.15, -0.1) is 0 Å². The van der Waals surface area contributed by atoms with Gasteiger partial charge in [-0.25, -0.2) is 8.78 Å². The lowest BCUT2D eigenvalue weighted by Gasteiger charge is -2.30. The van der Waals surface area contributed by atoms with Crippen molar-refractivity contribution in [3.63, 3.8) is 0 Å². The maximum atomic E-state index is 13.7. The summed E-state index contributed by atoms with van der Waals surface area (Å²) in [6.07, 6.45) is 0.196. The van der Waals surface area contributed by atoms with E-state index < -0.39 is 11.6 Å². The van der Waals surface area contributed by atoms with Gasteiger partial charge >= 0.3 is 0 Å². The lowest BCUT2D eigenvalue weighted by molar-refractivity contribution is 0.0332. The highest BCUT2D eigenvalue weighted by Gasteiger charge is 2.26. The lowest BCUT2D eigenvalue weighted by Crippen LogP contribution is -2.45. The summed E-state index contributed by atoms with van der Waals surface area (Å²) in [5.74, 6) is -0.730. The smallest absolute Gasteiger partial charge is 0.129 e. The van der Waals surface area contributed by atoms with Crippen molar-refractivity contribution >= 4 is 0 Å². The predicted molar refractivity (Wildman–Crippen MR) is 73.2 cm³/mol. The van der Waals surface area contributed by atoms with Crippen LogP contribution in [0.15, 0.2) is 18.2 Å². The van der Waals surface area contributed by atoms with Gasteiger partial charge < -0.3 is 10.1 Å². The molecule has 2 unspecified atom stereocenters. The number of hydrogen-bond acceptors (Lipinski definition) is 2. The van der Waals surface area contributed by atoms with Crippen molar-refractivity contribution in [1.82, 2.24) is 5.32 Å². The number of methoxy groups -OCH3 is 1. The molecule has 4 heteroatoms. The SMILES string of the molecule is CCNC(Cc1c(F)cccc1F)C(OC)C(C)C. The summed E-state index contributed by atoms with van der Waals surface area (Å²) in [6.45, 7) is 6.78. The van der Waals surface area contributed by atoms with Gasteiger partial charge in [0, 0.05) is 18.7 Å². The third-order valence-corrected chi connectivity index (χ3v) is 3.28. The Balaban J connectivity index is 2.95. The maximum absolute atomic E-state index is 13.7. The minimum atomic E-state index is -0.499. The zero-order chi connectivity index (χ0) is 14.4. The second kappa shape index (κ2) is 7.56. The number of rotatable bonds is 7. The van der Waals surface area contributed by atoms with E-state index in [9.17, 15) is 8.78 Å². The Bertz CT molecular complexity index is 375. The number of ether oxygens (including phenoxy) is 1. The molecule has 1 N–H and O–H groups in total. The van der Waals surface area contributed by atoms with Crippen molar-refractivity contribution in [1.29, 1.82) is 0 Å². The second-order valence-electron chi connectivity index (χ2n) is 5.01. The van der Waals surface area contributed by atoms with Gasteiger partial charge in [-0.2, -0.15) is 0 Å². The highest BCUT2D eigenvalue weighted by atomic mass is 19.1. The third kappa shape index (κ3) is 4.25. The molecule has 2 atom stereocenters. The molecule has 0 aliphatic heterocycles. The molecule has 0 bridgehead atoms. The molecule has 0 spiro atoms. The largest absolute Gasteiger partial charge is 0.380 e. The normalized spacial score (nSPS) is 14.7. The van der Waals surface area contributed by atoms with Crippen molar-refractivity contribution in [2.45, 2.75) is 39.3 Å². The van der Waals surface area contributed by atoms with Gasteiger partial charge in [0.05, 0.1) is 6.10 Å². The minimum Gasteiger partial charge on any atom is -0.380 e. The molecule has 1 aromatic carbocycles. The Morgan fingerprint density at radius 1 is 1.21 bits per heavy atom. The van der Waals surface area contributed by atoms with Crippen LogP contribution in [0.3, 0.4) is 0 Å². The van der Waals surface area contributed by atoms with E-state index in [1.165, 1.54) is 18.2 Å². The first-order chi connectivity index (χ1) is 9.01. The Hall–Kier alpha value is -1.00. The van der Waals surface area contributed by atoms with Crippen LogP contribution in [-0.4, -0.2) is 25.8 Å². The number of benzene rings is 1. The van der Waals surface area contributed by atoms with Gasteiger partial charge in [0.15, 0.2) is 0 Å². The summed E-state index contributed by atoms with van der Waals surface area (Å²) in [5, 5.41) is 3.26. The summed E-state index contributed by atoms with van der Waals surface area (Å²) < 4.78 is 32.9. The van der Waals surface area contributed by atoms with Gasteiger partial charge in [-0.05, 0) is 31.0 Å². The Kier molecular flexibility index (Phi) is 6.38. The van der Waals surface area contributed by atoms with E-state index in [2.05, 4.69) is 5.32 Å². The summed E-state index contributed by atoms with van der Waals surface area (Å²) in [4.78, 5) is 0. The summed E-state index contributed by atoms with van der Waals surface area (Å²) in [5.41, 5.74) is 0.121. The molecule has 1 rings (SSSR count). The molecule has 1 aromatic rings. The fourth-order valence-electron chi connectivity index (χ4n) is 2.41. The van der Waals surface area contributed by atoms with Crippen molar-refractivity contribution in [2.24, 2.45) is 5.92 Å². The highest BCUT2D eigenvalue weighted by molar-refractivity contribution is 5.21. The number of likely N-dealkylation sites (N-methyl/N-ethyl adjacent to an activating group) is 1. The molecule has 0 heterocycles. The van der Waals surface area contributed by atoms with E-state index in [-0.39, 0.29) is 30.0 Å². The Morgan fingerprint density at radius 2 is 1.79 bits per heavy atom. The van der Waals surface area contributed by atoms with E-state index in [1.807, 2.05) is 20.8 Å². The van der Waals surface area contributed by atoms with Gasteiger partial charge in [-0.1, -0.05) is 26.8 Å². The maximum Gasteiger partial charge on any atom is 0.129 e. The van der Waals surface area contributed by atoms with Crippen LogP contribution in [-0.2, 0) is 11.2 Å². The molecule has 0 fully saturated rings. The zero-order valence-corrected chi connectivity index (χ0v) is 12.0. The predicted octanol–water partition coefficient (Wildman–Crippen LogP) is 3.16. The van der Waals surface area contributed by atoms with E-state index in [0.717, 1.165) is 6.54 Å². The monoisotopic (exact) mass is 271 g/mol. The van der Waals surface area contributed by atoms with Crippen molar-refractivity contribution in [3.05, 3.63) is 35.4 Å². The zero-order valence-electron chi connectivity index (χ0n) is 12.0. The first kappa shape index (κ1) is 16.1. The molecule has 0 aliphatic carbocycles. The van der Waals surface area contributed by atoms with Crippen LogP contribution in [0.4, 0.5) is 8.78 Å². The van der Waals surface area contributed by atoms with Gasteiger partial charge in [0.25, 0.3) is 0 Å². The first-order valence-electron chi connectivity index (χ1n) is 6.70. The van der Waals surface area contributed by atoms with Gasteiger partial charge in [0.2, 0.25) is 0 Å². The minimum absolute atomic E-state index is 0.0843. The van der Waals surface area contributed by atoms with Crippen LogP contribution in [0.1, 0.15) is 26.3 Å². The average Bonchev–Trinajstić information content (AvgIpc) is 2.34. The summed E-state index contributed by atoms with van der Waals surface area (Å²) >= 11 is 0. The van der Waals surface area contributed by atoms with Crippen molar-refractivity contribution in [3.8, 4) is 0 Å². The van der Waals surface area contributed by atoms with Crippen LogP contribution in [0.25, 0.3) is 0 Å². The molecular weight excluding hydrogens is 248 g/mol. The molecule has 0 saturated heterocycles. The van der Waals surface area contributed by atoms with Crippen LogP contribution in [0.2, 0.25) is 0 Å². The summed E-state index contributed by atoms with van der Waals surface area (Å²) in [6, 6.07) is 3.85. The second-order valence-corrected chi connectivity index (χ2v) is 5.01. The molecule has 108 valence electrons. The standard InChI is InChI=1S/C15H23F2NO/c1-5-18-14(15(19-4)10(2)3)9-11-12(16)7-6-8-13(11)17/h6-8,10,14-15,18H,5,9H2,1-4H3. The fraction of sp³-hybridized carbons (Fsp3) is 0.600. The van der Waals surface area contributed by atoms with E-state index >= 15 is 0 Å². The van der Waals surface area contributed by atoms with Crippen molar-refractivity contribution in [2.75, 3.05) is 13.7 Å². The third-order valence-electron chi connectivity index (χ3n) is 3.28. The van der Waals surface area contributed by atoms with Gasteiger partial charge in [-0.3, -0.25) is 0 Å². The van der Waals surface area contributed by atoms with Crippen molar-refractivity contribution < 1.29 is 13.5 Å².